The summed E-state index contributed by atoms with van der Waals surface area (Å²) in [6.07, 6.45) is 1.59. The molecule has 0 fully saturated rings. The largest absolute Gasteiger partial charge is 0.457 e. The second-order valence-electron chi connectivity index (χ2n) is 7.92. The highest BCUT2D eigenvalue weighted by Crippen LogP contribution is 2.26. The monoisotopic (exact) mass is 474 g/mol. The number of carbonyl (C=O) groups is 1. The fourth-order valence-electron chi connectivity index (χ4n) is 3.75. The van der Waals surface area contributed by atoms with Gasteiger partial charge in [0.05, 0.1) is 24.2 Å². The summed E-state index contributed by atoms with van der Waals surface area (Å²) in [5.74, 6) is 0.887. The minimum atomic E-state index is -3.51. The van der Waals surface area contributed by atoms with Gasteiger partial charge in [0, 0.05) is 17.7 Å². The van der Waals surface area contributed by atoms with Crippen molar-refractivity contribution in [2.75, 3.05) is 5.43 Å². The van der Waals surface area contributed by atoms with Gasteiger partial charge >= 0.3 is 0 Å². The van der Waals surface area contributed by atoms with Gasteiger partial charge in [-0.15, -0.1) is 0 Å². The van der Waals surface area contributed by atoms with Crippen molar-refractivity contribution in [1.29, 1.82) is 0 Å². The normalized spacial score (nSPS) is 13.4. The van der Waals surface area contributed by atoms with E-state index >= 15 is 0 Å². The van der Waals surface area contributed by atoms with E-state index in [0.717, 1.165) is 11.1 Å². The van der Waals surface area contributed by atoms with Gasteiger partial charge in [-0.25, -0.2) is 13.8 Å². The van der Waals surface area contributed by atoms with Crippen LogP contribution in [0.25, 0.3) is 0 Å². The van der Waals surface area contributed by atoms with Crippen LogP contribution in [0.5, 0.6) is 11.5 Å². The third-order valence-corrected chi connectivity index (χ3v) is 7.26. The van der Waals surface area contributed by atoms with Gasteiger partial charge in [0.25, 0.3) is 5.91 Å². The van der Waals surface area contributed by atoms with Crippen molar-refractivity contribution in [3.8, 4) is 11.5 Å². The first kappa shape index (κ1) is 21.9. The Morgan fingerprint density at radius 2 is 1.53 bits per heavy atom. The highest BCUT2D eigenvalue weighted by atomic mass is 32.2. The summed E-state index contributed by atoms with van der Waals surface area (Å²) >= 11 is 0. The minimum Gasteiger partial charge on any atom is -0.457 e. The highest BCUT2D eigenvalue weighted by molar-refractivity contribution is 7.88. The zero-order valence-corrected chi connectivity index (χ0v) is 19.0. The maximum Gasteiger partial charge on any atom is 0.271 e. The molecule has 0 aliphatic carbocycles. The molecule has 0 saturated heterocycles. The standard InChI is InChI=1S/C25H22N4O4S/c30-25(20-11-13-23(14-12-20)33-22-9-5-2-6-10-22)27-29-24-17-28(16-21(24)15-26-29)34(31,32)18-19-7-3-1-4-8-19/h1-15H,16-18H2,(H,27,30). The number of hydrogen-bond acceptors (Lipinski definition) is 5. The Bertz CT molecular complexity index is 1400. The van der Waals surface area contributed by atoms with Gasteiger partial charge in [0.2, 0.25) is 10.0 Å². The highest BCUT2D eigenvalue weighted by Gasteiger charge is 2.32. The van der Waals surface area contributed by atoms with E-state index < -0.39 is 10.0 Å². The van der Waals surface area contributed by atoms with Crippen LogP contribution in [0.1, 0.15) is 27.2 Å². The smallest absolute Gasteiger partial charge is 0.271 e. The van der Waals surface area contributed by atoms with Crippen molar-refractivity contribution >= 4 is 15.9 Å². The molecule has 5 rings (SSSR count). The quantitative estimate of drug-likeness (QED) is 0.438. The summed E-state index contributed by atoms with van der Waals surface area (Å²) in [7, 11) is -3.51. The van der Waals surface area contributed by atoms with Gasteiger partial charge in [-0.2, -0.15) is 14.2 Å². The molecular weight excluding hydrogens is 452 g/mol. The van der Waals surface area contributed by atoms with Crippen LogP contribution in [-0.4, -0.2) is 28.5 Å². The molecule has 0 saturated carbocycles. The number of benzene rings is 3. The Labute approximate surface area is 197 Å². The predicted molar refractivity (Wildman–Crippen MR) is 127 cm³/mol. The Kier molecular flexibility index (Phi) is 5.87. The number of hydrogen-bond donors (Lipinski definition) is 1. The fraction of sp³-hybridized carbons (Fsp3) is 0.120. The number of ether oxygens (including phenoxy) is 1. The average molecular weight is 475 g/mol. The summed E-state index contributed by atoms with van der Waals surface area (Å²) in [5.41, 5.74) is 5.30. The third-order valence-electron chi connectivity index (χ3n) is 5.52. The molecule has 34 heavy (non-hydrogen) atoms. The Balaban J connectivity index is 1.24. The van der Waals surface area contributed by atoms with Gasteiger partial charge in [-0.1, -0.05) is 48.5 Å². The zero-order chi connectivity index (χ0) is 23.5. The molecule has 9 heteroatoms. The van der Waals surface area contributed by atoms with E-state index in [1.807, 2.05) is 48.5 Å². The first-order valence-electron chi connectivity index (χ1n) is 10.7. The number of para-hydroxylation sites is 1. The number of sulfonamides is 1. The van der Waals surface area contributed by atoms with E-state index in [-0.39, 0.29) is 24.7 Å². The summed E-state index contributed by atoms with van der Waals surface area (Å²) in [6, 6.07) is 25.2. The molecule has 0 atom stereocenters. The van der Waals surface area contributed by atoms with Crippen LogP contribution in [0.4, 0.5) is 0 Å². The van der Waals surface area contributed by atoms with Crippen molar-refractivity contribution in [2.24, 2.45) is 0 Å². The third kappa shape index (κ3) is 4.70. The Morgan fingerprint density at radius 1 is 0.882 bits per heavy atom. The lowest BCUT2D eigenvalue weighted by Crippen LogP contribution is -2.30. The van der Waals surface area contributed by atoms with Gasteiger partial charge in [-0.3, -0.25) is 4.79 Å². The fourth-order valence-corrected chi connectivity index (χ4v) is 5.20. The lowest BCUT2D eigenvalue weighted by molar-refractivity contribution is 0.100. The van der Waals surface area contributed by atoms with Crippen LogP contribution >= 0.6 is 0 Å². The molecule has 3 aromatic carbocycles. The lowest BCUT2D eigenvalue weighted by Gasteiger charge is -2.16. The second kappa shape index (κ2) is 9.12. The Morgan fingerprint density at radius 3 is 2.24 bits per heavy atom. The topological polar surface area (TPSA) is 93.5 Å². The van der Waals surface area contributed by atoms with E-state index in [1.54, 1.807) is 42.6 Å². The van der Waals surface area contributed by atoms with E-state index in [4.69, 9.17) is 4.74 Å². The molecular formula is C25H22N4O4S. The predicted octanol–water partition coefficient (Wildman–Crippen LogP) is 3.90. The maximum atomic E-state index is 12.9. The van der Waals surface area contributed by atoms with Crippen LogP contribution in [-0.2, 0) is 28.9 Å². The molecule has 0 unspecified atom stereocenters. The number of nitrogens with one attached hydrogen (secondary N) is 1. The van der Waals surface area contributed by atoms with Gasteiger partial charge in [0.15, 0.2) is 0 Å². The van der Waals surface area contributed by atoms with Crippen LogP contribution in [0.15, 0.2) is 91.1 Å². The van der Waals surface area contributed by atoms with Crippen LogP contribution in [0.3, 0.4) is 0 Å². The molecule has 172 valence electrons. The molecule has 1 amide bonds. The van der Waals surface area contributed by atoms with Gasteiger partial charge < -0.3 is 4.74 Å². The van der Waals surface area contributed by atoms with Crippen molar-refractivity contribution < 1.29 is 17.9 Å². The summed E-state index contributed by atoms with van der Waals surface area (Å²) in [4.78, 5) is 14.1. The summed E-state index contributed by atoms with van der Waals surface area (Å²) in [5, 5.41) is 4.22. The van der Waals surface area contributed by atoms with Crippen molar-refractivity contribution in [3.63, 3.8) is 0 Å². The van der Waals surface area contributed by atoms with Crippen LogP contribution < -0.4 is 10.2 Å². The van der Waals surface area contributed by atoms with Crippen LogP contribution in [0, 0.1) is 0 Å². The summed E-state index contributed by atoms with van der Waals surface area (Å²) in [6.45, 7) is 0.376. The molecule has 1 aliphatic rings. The maximum absolute atomic E-state index is 12.9. The molecule has 0 radical (unpaired) electrons. The van der Waals surface area contributed by atoms with Crippen molar-refractivity contribution in [3.05, 3.63) is 114 Å². The van der Waals surface area contributed by atoms with Crippen molar-refractivity contribution in [1.82, 2.24) is 14.2 Å². The SMILES string of the molecule is O=C(Nn1ncc2c1CN(S(=O)(=O)Cc1ccccc1)C2)c1ccc(Oc2ccccc2)cc1. The number of nitrogens with zero attached hydrogens (tertiary/aromatic N) is 3. The number of carbonyl (C=O) groups excluding carboxylic acids is 1. The molecule has 4 aromatic rings. The number of rotatable bonds is 7. The van der Waals surface area contributed by atoms with E-state index in [1.165, 1.54) is 9.10 Å². The van der Waals surface area contributed by atoms with Crippen molar-refractivity contribution in [2.45, 2.75) is 18.8 Å². The number of aromatic nitrogens is 2. The zero-order valence-electron chi connectivity index (χ0n) is 18.2. The second-order valence-corrected chi connectivity index (χ2v) is 9.89. The molecule has 1 aromatic heterocycles. The molecule has 1 aliphatic heterocycles. The molecule has 0 bridgehead atoms. The van der Waals surface area contributed by atoms with E-state index in [0.29, 0.717) is 22.8 Å². The Hall–Kier alpha value is -3.95. The number of fused-ring (bicyclic) bond motifs is 1. The van der Waals surface area contributed by atoms with Gasteiger partial charge in [0.1, 0.15) is 11.5 Å². The average Bonchev–Trinajstić information content (AvgIpc) is 3.43. The first-order chi connectivity index (χ1) is 16.5. The minimum absolute atomic E-state index is 0.0741. The molecule has 8 nitrogen and oxygen atoms in total. The van der Waals surface area contributed by atoms with E-state index in [2.05, 4.69) is 10.5 Å². The lowest BCUT2D eigenvalue weighted by atomic mass is 10.2. The molecule has 1 N–H and O–H groups in total. The van der Waals surface area contributed by atoms with Gasteiger partial charge in [-0.05, 0) is 42.0 Å². The van der Waals surface area contributed by atoms with E-state index in [9.17, 15) is 13.2 Å². The van der Waals surface area contributed by atoms with Crippen LogP contribution in [0.2, 0.25) is 0 Å². The number of amides is 1. The molecule has 0 spiro atoms. The molecule has 2 heterocycles. The first-order valence-corrected chi connectivity index (χ1v) is 12.3. The summed E-state index contributed by atoms with van der Waals surface area (Å²) < 4.78 is 32.9.